The average Bonchev–Trinajstić information content (AvgIpc) is 3.51. The smallest absolute Gasteiger partial charge is 0.271 e. The first-order valence-corrected chi connectivity index (χ1v) is 21.6. The molecule has 5 N–H and O–H groups in total. The minimum absolute atomic E-state index is 0.0767. The van der Waals surface area contributed by atoms with Gasteiger partial charge in [0, 0.05) is 93.8 Å². The summed E-state index contributed by atoms with van der Waals surface area (Å²) < 4.78 is 12.0. The van der Waals surface area contributed by atoms with Gasteiger partial charge in [-0.25, -0.2) is 9.97 Å². The van der Waals surface area contributed by atoms with Crippen molar-refractivity contribution in [3.63, 3.8) is 0 Å². The lowest BCUT2D eigenvalue weighted by atomic mass is 10.0. The van der Waals surface area contributed by atoms with Gasteiger partial charge >= 0.3 is 0 Å². The van der Waals surface area contributed by atoms with Gasteiger partial charge in [0.25, 0.3) is 17.7 Å². The van der Waals surface area contributed by atoms with Gasteiger partial charge in [0.1, 0.15) is 11.8 Å². The van der Waals surface area contributed by atoms with Crippen LogP contribution in [0.3, 0.4) is 0 Å². The highest BCUT2D eigenvalue weighted by atomic mass is 79.9. The van der Waals surface area contributed by atoms with E-state index >= 15 is 0 Å². The summed E-state index contributed by atoms with van der Waals surface area (Å²) in [6, 6.07) is 9.10. The van der Waals surface area contributed by atoms with Gasteiger partial charge in [-0.1, -0.05) is 13.0 Å². The van der Waals surface area contributed by atoms with E-state index in [4.69, 9.17) is 20.2 Å². The number of amides is 5. The van der Waals surface area contributed by atoms with Crippen molar-refractivity contribution in [2.75, 3.05) is 75.1 Å². The largest absolute Gasteiger partial charge is 0.495 e. The predicted octanol–water partition coefficient (Wildman–Crippen LogP) is 3.43. The number of imide groups is 2. The van der Waals surface area contributed by atoms with Crippen molar-refractivity contribution in [1.29, 1.82) is 0 Å². The third kappa shape index (κ3) is 8.42. The Morgan fingerprint density at radius 2 is 1.70 bits per heavy atom. The van der Waals surface area contributed by atoms with Crippen LogP contribution < -0.4 is 31.3 Å². The molecular formula is C42H51BrN10O7. The van der Waals surface area contributed by atoms with Crippen molar-refractivity contribution in [1.82, 2.24) is 30.0 Å². The molecule has 2 aromatic carbocycles. The van der Waals surface area contributed by atoms with Gasteiger partial charge in [-0.2, -0.15) is 0 Å². The number of aromatic nitrogens is 2. The Morgan fingerprint density at radius 1 is 0.950 bits per heavy atom. The Morgan fingerprint density at radius 3 is 2.38 bits per heavy atom. The molecule has 0 bridgehead atoms. The Bertz CT molecular complexity index is 2180. The first-order chi connectivity index (χ1) is 29.0. The maximum Gasteiger partial charge on any atom is 0.271 e. The highest BCUT2D eigenvalue weighted by Gasteiger charge is 2.46. The molecule has 0 radical (unpaired) electrons. The van der Waals surface area contributed by atoms with Crippen LogP contribution in [0.25, 0.3) is 0 Å². The fourth-order valence-corrected chi connectivity index (χ4v) is 9.60. The lowest BCUT2D eigenvalue weighted by Crippen LogP contribution is -2.54. The summed E-state index contributed by atoms with van der Waals surface area (Å²) >= 11 is 3.63. The van der Waals surface area contributed by atoms with Crippen LogP contribution in [0.1, 0.15) is 87.9 Å². The molecule has 60 heavy (non-hydrogen) atoms. The number of hydrogen-bond donors (Lipinski definition) is 4. The van der Waals surface area contributed by atoms with Gasteiger partial charge < -0.3 is 30.7 Å². The van der Waals surface area contributed by atoms with E-state index in [0.717, 1.165) is 81.1 Å². The molecule has 0 spiro atoms. The van der Waals surface area contributed by atoms with E-state index in [0.29, 0.717) is 59.6 Å². The van der Waals surface area contributed by atoms with Crippen molar-refractivity contribution in [3.05, 3.63) is 62.9 Å². The van der Waals surface area contributed by atoms with Crippen LogP contribution >= 0.6 is 15.9 Å². The third-order valence-electron chi connectivity index (χ3n) is 12.3. The summed E-state index contributed by atoms with van der Waals surface area (Å²) in [5.74, 6) is -1.08. The lowest BCUT2D eigenvalue weighted by Gasteiger charge is -2.43. The third-order valence-corrected chi connectivity index (χ3v) is 13.2. The Hall–Kier alpha value is -5.17. The van der Waals surface area contributed by atoms with Crippen molar-refractivity contribution in [3.8, 4) is 5.75 Å². The molecule has 8 rings (SSSR count). The van der Waals surface area contributed by atoms with Gasteiger partial charge in [0.05, 0.1) is 29.6 Å². The first-order valence-electron chi connectivity index (χ1n) is 20.8. The molecule has 5 amide bonds. The molecule has 6 heterocycles. The average molecular weight is 888 g/mol. The molecule has 3 aromatic rings. The van der Waals surface area contributed by atoms with Crippen molar-refractivity contribution >= 4 is 68.5 Å². The zero-order valence-corrected chi connectivity index (χ0v) is 35.5. The number of halogens is 1. The maximum absolute atomic E-state index is 13.5. The van der Waals surface area contributed by atoms with Gasteiger partial charge in [0.2, 0.25) is 11.8 Å². The summed E-state index contributed by atoms with van der Waals surface area (Å²) in [5, 5.41) is 9.04. The van der Waals surface area contributed by atoms with E-state index in [-0.39, 0.29) is 41.5 Å². The number of ether oxygens (including phenoxy) is 2. The highest BCUT2D eigenvalue weighted by molar-refractivity contribution is 9.10. The number of hydrogen-bond acceptors (Lipinski definition) is 14. The number of piperazine rings is 1. The topological polar surface area (TPSA) is 205 Å². The zero-order chi connectivity index (χ0) is 42.1. The minimum Gasteiger partial charge on any atom is -0.495 e. The van der Waals surface area contributed by atoms with Gasteiger partial charge in [0.15, 0.2) is 17.3 Å². The van der Waals surface area contributed by atoms with Crippen LogP contribution in [0.15, 0.2) is 34.8 Å². The molecule has 4 saturated heterocycles. The maximum atomic E-state index is 13.5. The molecule has 1 aromatic heterocycles. The number of piperidine rings is 2. The zero-order valence-electron chi connectivity index (χ0n) is 33.9. The van der Waals surface area contributed by atoms with E-state index < -0.39 is 35.6 Å². The van der Waals surface area contributed by atoms with Crippen LogP contribution in [0.2, 0.25) is 0 Å². The molecule has 1 atom stereocenters. The molecule has 5 aliphatic rings. The van der Waals surface area contributed by atoms with Gasteiger partial charge in [-0.05, 0) is 78.2 Å². The van der Waals surface area contributed by atoms with Crippen molar-refractivity contribution in [2.45, 2.75) is 76.5 Å². The number of nitrogens with zero attached hydrogens (tertiary/aromatic N) is 6. The summed E-state index contributed by atoms with van der Waals surface area (Å²) in [6.07, 6.45) is 4.52. The normalized spacial score (nSPS) is 20.9. The van der Waals surface area contributed by atoms with E-state index in [2.05, 4.69) is 51.6 Å². The number of aryl methyl sites for hydroxylation is 1. The number of fused-ring (bicyclic) bond motifs is 1. The molecule has 0 aliphatic carbocycles. The second kappa shape index (κ2) is 17.8. The number of methoxy groups -OCH3 is 1. The molecule has 1 unspecified atom stereocenters. The van der Waals surface area contributed by atoms with Crippen LogP contribution in [-0.4, -0.2) is 132 Å². The highest BCUT2D eigenvalue weighted by Crippen LogP contribution is 2.37. The van der Waals surface area contributed by atoms with Crippen LogP contribution in [0, 0.1) is 0 Å². The first kappa shape index (κ1) is 41.6. The number of primary amides is 1. The van der Waals surface area contributed by atoms with E-state index in [9.17, 15) is 24.0 Å². The summed E-state index contributed by atoms with van der Waals surface area (Å²) in [7, 11) is 1.66. The monoisotopic (exact) mass is 886 g/mol. The molecule has 18 heteroatoms. The van der Waals surface area contributed by atoms with Crippen molar-refractivity contribution < 1.29 is 33.4 Å². The van der Waals surface area contributed by atoms with Crippen molar-refractivity contribution in [2.24, 2.45) is 5.73 Å². The van der Waals surface area contributed by atoms with Crippen LogP contribution in [0.5, 0.6) is 5.75 Å². The fourth-order valence-electron chi connectivity index (χ4n) is 8.96. The number of rotatable bonds is 12. The summed E-state index contributed by atoms with van der Waals surface area (Å²) in [5.41, 5.74) is 9.67. The summed E-state index contributed by atoms with van der Waals surface area (Å²) in [6.45, 7) is 9.24. The summed E-state index contributed by atoms with van der Waals surface area (Å²) in [4.78, 5) is 81.2. The number of carbonyl (C=O) groups excluding carboxylic acids is 5. The second-order valence-electron chi connectivity index (χ2n) is 15.9. The second-order valence-corrected chi connectivity index (χ2v) is 16.7. The Balaban J connectivity index is 0.860. The Kier molecular flexibility index (Phi) is 12.3. The van der Waals surface area contributed by atoms with E-state index in [1.165, 1.54) is 0 Å². The predicted molar refractivity (Wildman–Crippen MR) is 227 cm³/mol. The van der Waals surface area contributed by atoms with E-state index in [1.54, 1.807) is 13.2 Å². The Labute approximate surface area is 356 Å². The van der Waals surface area contributed by atoms with Crippen LogP contribution in [-0.2, 0) is 27.3 Å². The number of carbonyl (C=O) groups is 5. The molecular weight excluding hydrogens is 836 g/mol. The number of benzene rings is 2. The van der Waals surface area contributed by atoms with Gasteiger partial charge in [-0.3, -0.25) is 44.0 Å². The van der Waals surface area contributed by atoms with E-state index in [1.807, 2.05) is 31.2 Å². The standard InChI is InChI=1S/C42H51BrN10O7/c1-3-29-38(45-25-12-20-60-21-13-25)49-39(36(47-29)37(44)55)46-26-5-7-30(32(22-26)59-2)52-14-10-27(11-15-52)51-18-16-50(17-19-51)23-24-4-6-28-34(35(24)43)42(58)53(41(28)57)31-8-9-33(54)48-40(31)56/h4-7,22,25,27,31H,3,8-21,23H2,1-2H3,(H2,44,55)(H2,45,46,49)(H,48,54,56). The minimum atomic E-state index is -1.00. The molecule has 318 valence electrons. The number of nitrogens with one attached hydrogen (secondary N) is 3. The fraction of sp³-hybridized carbons (Fsp3) is 0.500. The SMILES string of the molecule is CCc1nc(C(N)=O)c(Nc2ccc(N3CCC(N4CCN(Cc5ccc6c(c5Br)C(=O)N(C5CCC(=O)NC5=O)C6=O)CC4)CC3)c(OC)c2)nc1NC1CCOCC1. The molecule has 17 nitrogen and oxygen atoms in total. The molecule has 4 fully saturated rings. The molecule has 0 saturated carbocycles. The van der Waals surface area contributed by atoms with Gasteiger partial charge in [-0.15, -0.1) is 0 Å². The quantitative estimate of drug-likeness (QED) is 0.193. The number of nitrogens with two attached hydrogens (primary N) is 1. The number of anilines is 4. The molecule has 5 aliphatic heterocycles. The lowest BCUT2D eigenvalue weighted by molar-refractivity contribution is -0.136. The van der Waals surface area contributed by atoms with Crippen LogP contribution in [0.4, 0.5) is 23.0 Å².